The Morgan fingerprint density at radius 3 is 2.53 bits per heavy atom. The van der Waals surface area contributed by atoms with Crippen molar-refractivity contribution in [1.82, 2.24) is 10.7 Å². The van der Waals surface area contributed by atoms with Crippen molar-refractivity contribution in [3.63, 3.8) is 0 Å². The summed E-state index contributed by atoms with van der Waals surface area (Å²) in [5.74, 6) is 1.12. The number of nitrogens with two attached hydrogens (primary N) is 1. The number of nitrogens with zero attached hydrogens (tertiary/aromatic N) is 1. The summed E-state index contributed by atoms with van der Waals surface area (Å²) in [6, 6.07) is 3.32. The van der Waals surface area contributed by atoms with E-state index in [1.165, 1.54) is 20.4 Å². The Kier molecular flexibility index (Phi) is 5.15. The monoisotopic (exact) mass is 266 g/mol. The smallest absolute Gasteiger partial charge is 0.343 e. The first-order chi connectivity index (χ1) is 9.06. The van der Waals surface area contributed by atoms with Gasteiger partial charge in [0.25, 0.3) is 0 Å². The molecule has 0 saturated heterocycles. The molecule has 0 unspecified atom stereocenters. The quantitative estimate of drug-likeness (QED) is 0.541. The zero-order valence-electron chi connectivity index (χ0n) is 10.5. The molecule has 0 heterocycles. The maximum absolute atomic E-state index is 11.0. The average molecular weight is 266 g/mol. The van der Waals surface area contributed by atoms with Crippen LogP contribution in [-0.4, -0.2) is 32.5 Å². The minimum atomic E-state index is -0.959. The molecule has 1 aromatic rings. The number of imide groups is 1. The van der Waals surface area contributed by atoms with Gasteiger partial charge in [0.15, 0.2) is 11.5 Å². The van der Waals surface area contributed by atoms with Crippen LogP contribution in [0.3, 0.4) is 0 Å². The van der Waals surface area contributed by atoms with Gasteiger partial charge in [-0.2, -0.15) is 5.10 Å². The second-order valence-corrected chi connectivity index (χ2v) is 3.30. The number of hydrogen-bond acceptors (Lipinski definition) is 5. The third-order valence-electron chi connectivity index (χ3n) is 2.02. The van der Waals surface area contributed by atoms with E-state index in [1.807, 2.05) is 0 Å². The van der Waals surface area contributed by atoms with Gasteiger partial charge in [-0.05, 0) is 23.8 Å². The minimum Gasteiger partial charge on any atom is -0.493 e. The highest BCUT2D eigenvalue weighted by Crippen LogP contribution is 2.26. The zero-order valence-corrected chi connectivity index (χ0v) is 10.5. The summed E-state index contributed by atoms with van der Waals surface area (Å²) >= 11 is 0. The summed E-state index contributed by atoms with van der Waals surface area (Å²) < 4.78 is 10.2. The molecule has 4 amide bonds. The Morgan fingerprint density at radius 2 is 1.95 bits per heavy atom. The fourth-order valence-corrected chi connectivity index (χ4v) is 1.24. The molecule has 0 atom stereocenters. The van der Waals surface area contributed by atoms with Crippen LogP contribution >= 0.6 is 0 Å². The van der Waals surface area contributed by atoms with Crippen LogP contribution in [0, 0.1) is 0 Å². The Balaban J connectivity index is 2.67. The van der Waals surface area contributed by atoms with Gasteiger partial charge < -0.3 is 15.2 Å². The molecule has 0 fully saturated rings. The van der Waals surface area contributed by atoms with E-state index in [2.05, 4.69) is 10.5 Å². The molecule has 0 saturated carbocycles. The molecule has 4 N–H and O–H groups in total. The van der Waals surface area contributed by atoms with Gasteiger partial charge in [0.05, 0.1) is 20.4 Å². The standard InChI is InChI=1S/C11H14N4O4/c1-18-8-4-3-7(5-9(8)19-2)6-13-15-11(17)14-10(12)16/h3-6H,1-2H3,(H4,12,14,15,16,17)/b13-6+. The van der Waals surface area contributed by atoms with E-state index in [4.69, 9.17) is 15.2 Å². The maximum Gasteiger partial charge on any atom is 0.343 e. The van der Waals surface area contributed by atoms with Crippen LogP contribution < -0.4 is 25.9 Å². The van der Waals surface area contributed by atoms with Crippen molar-refractivity contribution in [3.8, 4) is 11.5 Å². The third kappa shape index (κ3) is 4.54. The van der Waals surface area contributed by atoms with Gasteiger partial charge in [-0.15, -0.1) is 0 Å². The summed E-state index contributed by atoms with van der Waals surface area (Å²) in [5.41, 5.74) is 7.51. The summed E-state index contributed by atoms with van der Waals surface area (Å²) in [7, 11) is 3.04. The first-order valence-electron chi connectivity index (χ1n) is 5.18. The van der Waals surface area contributed by atoms with E-state index < -0.39 is 12.1 Å². The lowest BCUT2D eigenvalue weighted by molar-refractivity contribution is 0.232. The number of carbonyl (C=O) groups excluding carboxylic acids is 2. The lowest BCUT2D eigenvalue weighted by Gasteiger charge is -2.07. The minimum absolute atomic E-state index is 0.535. The summed E-state index contributed by atoms with van der Waals surface area (Å²) in [5, 5.41) is 5.43. The highest BCUT2D eigenvalue weighted by Gasteiger charge is 2.03. The van der Waals surface area contributed by atoms with Crippen molar-refractivity contribution in [1.29, 1.82) is 0 Å². The van der Waals surface area contributed by atoms with Crippen LogP contribution in [0.4, 0.5) is 9.59 Å². The maximum atomic E-state index is 11.0. The normalized spacial score (nSPS) is 10.0. The number of primary amides is 1. The van der Waals surface area contributed by atoms with Crippen molar-refractivity contribution >= 4 is 18.3 Å². The molecule has 0 spiro atoms. The molecular weight excluding hydrogens is 252 g/mol. The molecular formula is C11H14N4O4. The van der Waals surface area contributed by atoms with E-state index in [9.17, 15) is 9.59 Å². The predicted octanol–water partition coefficient (Wildman–Crippen LogP) is 0.416. The van der Waals surface area contributed by atoms with Gasteiger partial charge in [0.1, 0.15) is 0 Å². The molecule has 0 bridgehead atoms. The molecule has 1 aromatic carbocycles. The fourth-order valence-electron chi connectivity index (χ4n) is 1.24. The molecule has 0 aromatic heterocycles. The highest BCUT2D eigenvalue weighted by atomic mass is 16.5. The van der Waals surface area contributed by atoms with Gasteiger partial charge in [-0.3, -0.25) is 5.32 Å². The van der Waals surface area contributed by atoms with E-state index >= 15 is 0 Å². The number of carbonyl (C=O) groups is 2. The number of rotatable bonds is 4. The number of urea groups is 2. The second kappa shape index (κ2) is 6.84. The van der Waals surface area contributed by atoms with E-state index in [0.717, 1.165) is 0 Å². The lowest BCUT2D eigenvalue weighted by atomic mass is 10.2. The second-order valence-electron chi connectivity index (χ2n) is 3.30. The summed E-state index contributed by atoms with van der Waals surface area (Å²) in [4.78, 5) is 21.4. The van der Waals surface area contributed by atoms with E-state index in [-0.39, 0.29) is 0 Å². The third-order valence-corrected chi connectivity index (χ3v) is 2.02. The Bertz CT molecular complexity index is 501. The van der Waals surface area contributed by atoms with Gasteiger partial charge in [0.2, 0.25) is 0 Å². The molecule has 8 heteroatoms. The van der Waals surface area contributed by atoms with Crippen molar-refractivity contribution < 1.29 is 19.1 Å². The van der Waals surface area contributed by atoms with Crippen LogP contribution in [0.2, 0.25) is 0 Å². The molecule has 8 nitrogen and oxygen atoms in total. The molecule has 0 radical (unpaired) electrons. The number of nitrogens with one attached hydrogen (secondary N) is 2. The Labute approximate surface area is 109 Å². The Morgan fingerprint density at radius 1 is 1.26 bits per heavy atom. The highest BCUT2D eigenvalue weighted by molar-refractivity contribution is 5.93. The molecule has 0 aliphatic rings. The first kappa shape index (κ1) is 14.3. The van der Waals surface area contributed by atoms with Crippen LogP contribution in [0.15, 0.2) is 23.3 Å². The van der Waals surface area contributed by atoms with E-state index in [1.54, 1.807) is 23.5 Å². The number of hydrazone groups is 1. The molecule has 19 heavy (non-hydrogen) atoms. The fraction of sp³-hybridized carbons (Fsp3) is 0.182. The van der Waals surface area contributed by atoms with Crippen molar-refractivity contribution in [3.05, 3.63) is 23.8 Å². The molecule has 102 valence electrons. The molecule has 0 aliphatic carbocycles. The van der Waals surface area contributed by atoms with E-state index in [0.29, 0.717) is 17.1 Å². The van der Waals surface area contributed by atoms with Gasteiger partial charge in [-0.25, -0.2) is 15.0 Å². The summed E-state index contributed by atoms with van der Waals surface area (Å²) in [6.45, 7) is 0. The van der Waals surface area contributed by atoms with Gasteiger partial charge >= 0.3 is 12.1 Å². The SMILES string of the molecule is COc1ccc(/C=N/NC(=O)NC(N)=O)cc1OC. The zero-order chi connectivity index (χ0) is 14.3. The van der Waals surface area contributed by atoms with Crippen LogP contribution in [0.25, 0.3) is 0 Å². The molecule has 1 rings (SSSR count). The van der Waals surface area contributed by atoms with Gasteiger partial charge in [0, 0.05) is 0 Å². The average Bonchev–Trinajstić information content (AvgIpc) is 2.37. The number of hydrogen-bond donors (Lipinski definition) is 3. The predicted molar refractivity (Wildman–Crippen MR) is 68.4 cm³/mol. The number of methoxy groups -OCH3 is 2. The largest absolute Gasteiger partial charge is 0.493 e. The van der Waals surface area contributed by atoms with Crippen LogP contribution in [0.1, 0.15) is 5.56 Å². The van der Waals surface area contributed by atoms with Crippen molar-refractivity contribution in [2.45, 2.75) is 0 Å². The number of benzene rings is 1. The lowest BCUT2D eigenvalue weighted by Crippen LogP contribution is -2.40. The number of ether oxygens (including phenoxy) is 2. The summed E-state index contributed by atoms with van der Waals surface area (Å²) in [6.07, 6.45) is 1.38. The first-order valence-corrected chi connectivity index (χ1v) is 5.18. The van der Waals surface area contributed by atoms with Gasteiger partial charge in [-0.1, -0.05) is 0 Å². The Hall–Kier alpha value is -2.77. The van der Waals surface area contributed by atoms with Crippen molar-refractivity contribution in [2.75, 3.05) is 14.2 Å². The molecule has 0 aliphatic heterocycles. The van der Waals surface area contributed by atoms with Crippen molar-refractivity contribution in [2.24, 2.45) is 10.8 Å². The van der Waals surface area contributed by atoms with Crippen LogP contribution in [0.5, 0.6) is 11.5 Å². The van der Waals surface area contributed by atoms with Crippen LogP contribution in [-0.2, 0) is 0 Å². The topological polar surface area (TPSA) is 115 Å². The number of amides is 4.